The lowest BCUT2D eigenvalue weighted by atomic mass is 9.97. The summed E-state index contributed by atoms with van der Waals surface area (Å²) in [6.07, 6.45) is 1.57. The number of quaternary nitrogens is 1. The van der Waals surface area contributed by atoms with Gasteiger partial charge >= 0.3 is 5.97 Å². The van der Waals surface area contributed by atoms with Gasteiger partial charge in [0.05, 0.1) is 31.7 Å². The lowest BCUT2D eigenvalue weighted by Gasteiger charge is -2.28. The molecule has 1 aliphatic heterocycles. The molecule has 6 heteroatoms. The van der Waals surface area contributed by atoms with Crippen molar-refractivity contribution in [2.45, 2.75) is 32.7 Å². The van der Waals surface area contributed by atoms with E-state index in [4.69, 9.17) is 16.3 Å². The van der Waals surface area contributed by atoms with E-state index in [0.717, 1.165) is 31.5 Å². The van der Waals surface area contributed by atoms with Gasteiger partial charge in [-0.1, -0.05) is 23.7 Å². The van der Waals surface area contributed by atoms with Crippen LogP contribution < -0.4 is 10.2 Å². The quantitative estimate of drug-likeness (QED) is 0.759. The van der Waals surface area contributed by atoms with Gasteiger partial charge in [-0.2, -0.15) is 0 Å². The molecule has 1 atom stereocenters. The molecule has 1 aromatic carbocycles. The van der Waals surface area contributed by atoms with Crippen LogP contribution in [0.2, 0.25) is 5.02 Å². The first-order valence-electron chi connectivity index (χ1n) is 8.54. The van der Waals surface area contributed by atoms with E-state index in [-0.39, 0.29) is 23.8 Å². The number of esters is 1. The van der Waals surface area contributed by atoms with Crippen molar-refractivity contribution >= 4 is 23.5 Å². The van der Waals surface area contributed by atoms with E-state index < -0.39 is 0 Å². The van der Waals surface area contributed by atoms with Gasteiger partial charge < -0.3 is 15.0 Å². The van der Waals surface area contributed by atoms with Gasteiger partial charge in [-0.05, 0) is 31.5 Å². The number of likely N-dealkylation sites (tertiary alicyclic amines) is 1. The monoisotopic (exact) mass is 353 g/mol. The third-order valence-corrected chi connectivity index (χ3v) is 4.72. The number of carbonyl (C=O) groups excluding carboxylic acids is 2. The number of carbonyl (C=O) groups is 2. The van der Waals surface area contributed by atoms with Gasteiger partial charge in [-0.3, -0.25) is 9.59 Å². The molecule has 1 fully saturated rings. The molecule has 1 aromatic rings. The van der Waals surface area contributed by atoms with Crippen LogP contribution in [0.5, 0.6) is 0 Å². The Labute approximate surface area is 148 Å². The molecule has 0 spiro atoms. The first-order chi connectivity index (χ1) is 11.5. The molecule has 0 saturated carbocycles. The molecule has 2 N–H and O–H groups in total. The van der Waals surface area contributed by atoms with Gasteiger partial charge in [0.15, 0.2) is 6.54 Å². The topological polar surface area (TPSA) is 59.8 Å². The molecule has 0 unspecified atom stereocenters. The zero-order chi connectivity index (χ0) is 17.5. The first kappa shape index (κ1) is 18.7. The Hall–Kier alpha value is -1.59. The van der Waals surface area contributed by atoms with E-state index >= 15 is 0 Å². The van der Waals surface area contributed by atoms with Crippen molar-refractivity contribution < 1.29 is 19.2 Å². The zero-order valence-corrected chi connectivity index (χ0v) is 15.1. The number of benzene rings is 1. The summed E-state index contributed by atoms with van der Waals surface area (Å²) >= 11 is 5.88. The van der Waals surface area contributed by atoms with Crippen LogP contribution in [0.25, 0.3) is 0 Å². The van der Waals surface area contributed by atoms with Crippen molar-refractivity contribution in [3.05, 3.63) is 34.9 Å². The highest BCUT2D eigenvalue weighted by molar-refractivity contribution is 6.30. The summed E-state index contributed by atoms with van der Waals surface area (Å²) in [7, 11) is 0. The van der Waals surface area contributed by atoms with Gasteiger partial charge in [0.25, 0.3) is 5.91 Å². The molecule has 5 nitrogen and oxygen atoms in total. The Morgan fingerprint density at radius 3 is 2.50 bits per heavy atom. The molecular weight excluding hydrogens is 328 g/mol. The van der Waals surface area contributed by atoms with Crippen LogP contribution in [0.15, 0.2) is 24.3 Å². The van der Waals surface area contributed by atoms with Gasteiger partial charge in [-0.25, -0.2) is 0 Å². The number of nitrogens with one attached hydrogen (secondary N) is 2. The Balaban J connectivity index is 1.75. The summed E-state index contributed by atoms with van der Waals surface area (Å²) in [6, 6.07) is 7.44. The largest absolute Gasteiger partial charge is 0.466 e. The third-order valence-electron chi connectivity index (χ3n) is 4.47. The summed E-state index contributed by atoms with van der Waals surface area (Å²) in [4.78, 5) is 25.2. The number of ether oxygens (including phenoxy) is 1. The number of rotatable bonds is 6. The summed E-state index contributed by atoms with van der Waals surface area (Å²) < 4.78 is 5.07. The average molecular weight is 354 g/mol. The van der Waals surface area contributed by atoms with Crippen molar-refractivity contribution in [3.63, 3.8) is 0 Å². The van der Waals surface area contributed by atoms with Crippen LogP contribution in [0.1, 0.15) is 38.3 Å². The maximum Gasteiger partial charge on any atom is 0.309 e. The fraction of sp³-hybridized carbons (Fsp3) is 0.556. The minimum atomic E-state index is -0.0997. The molecule has 1 aliphatic rings. The standard InChI is InChI=1S/C18H25ClN2O3/c1-3-24-18(23)15-8-10-21(11-9-15)12-17(22)20-13(2)14-4-6-16(19)7-5-14/h4-7,13,15H,3,8-12H2,1-2H3,(H,20,22)/p+1/t13-/m1/s1. The number of hydrogen-bond donors (Lipinski definition) is 2. The van der Waals surface area contributed by atoms with Gasteiger partial charge in [0.2, 0.25) is 0 Å². The molecule has 1 saturated heterocycles. The predicted octanol–water partition coefficient (Wildman–Crippen LogP) is 1.38. The van der Waals surface area contributed by atoms with Crippen molar-refractivity contribution in [2.24, 2.45) is 5.92 Å². The Morgan fingerprint density at radius 1 is 1.29 bits per heavy atom. The van der Waals surface area contributed by atoms with Crippen molar-refractivity contribution in [1.29, 1.82) is 0 Å². The first-order valence-corrected chi connectivity index (χ1v) is 8.92. The van der Waals surface area contributed by atoms with E-state index in [0.29, 0.717) is 18.2 Å². The minimum absolute atomic E-state index is 0.00949. The second kappa shape index (κ2) is 9.04. The van der Waals surface area contributed by atoms with E-state index in [1.807, 2.05) is 38.1 Å². The molecule has 24 heavy (non-hydrogen) atoms. The highest BCUT2D eigenvalue weighted by Gasteiger charge is 2.29. The molecule has 1 heterocycles. The molecule has 0 aliphatic carbocycles. The van der Waals surface area contributed by atoms with Crippen LogP contribution >= 0.6 is 11.6 Å². The van der Waals surface area contributed by atoms with E-state index in [1.165, 1.54) is 4.90 Å². The highest BCUT2D eigenvalue weighted by Crippen LogP contribution is 2.16. The van der Waals surface area contributed by atoms with Gasteiger partial charge in [0, 0.05) is 17.9 Å². The molecule has 0 radical (unpaired) electrons. The summed E-state index contributed by atoms with van der Waals surface area (Å²) in [6.45, 7) is 6.30. The van der Waals surface area contributed by atoms with Crippen LogP contribution in [-0.2, 0) is 14.3 Å². The van der Waals surface area contributed by atoms with Crippen molar-refractivity contribution in [3.8, 4) is 0 Å². The molecule has 132 valence electrons. The Bertz CT molecular complexity index is 554. The van der Waals surface area contributed by atoms with E-state index in [1.54, 1.807) is 0 Å². The highest BCUT2D eigenvalue weighted by atomic mass is 35.5. The maximum atomic E-state index is 12.2. The lowest BCUT2D eigenvalue weighted by molar-refractivity contribution is -0.897. The van der Waals surface area contributed by atoms with Crippen LogP contribution in [0, 0.1) is 5.92 Å². The molecule has 1 amide bonds. The number of piperidine rings is 1. The third kappa shape index (κ3) is 5.49. The number of amides is 1. The zero-order valence-electron chi connectivity index (χ0n) is 14.3. The van der Waals surface area contributed by atoms with Gasteiger partial charge in [-0.15, -0.1) is 0 Å². The summed E-state index contributed by atoms with van der Waals surface area (Å²) in [5, 5.41) is 3.71. The fourth-order valence-electron chi connectivity index (χ4n) is 3.05. The summed E-state index contributed by atoms with van der Waals surface area (Å²) in [5.74, 6) is -0.0795. The van der Waals surface area contributed by atoms with Crippen molar-refractivity contribution in [2.75, 3.05) is 26.2 Å². The molecule has 0 bridgehead atoms. The van der Waals surface area contributed by atoms with Gasteiger partial charge in [0.1, 0.15) is 0 Å². The van der Waals surface area contributed by atoms with Crippen molar-refractivity contribution in [1.82, 2.24) is 5.32 Å². The molecular formula is C18H26ClN2O3+. The lowest BCUT2D eigenvalue weighted by Crippen LogP contribution is -3.14. The normalized spacial score (nSPS) is 21.8. The Morgan fingerprint density at radius 2 is 1.92 bits per heavy atom. The van der Waals surface area contributed by atoms with E-state index in [9.17, 15) is 9.59 Å². The summed E-state index contributed by atoms with van der Waals surface area (Å²) in [5.41, 5.74) is 1.03. The second-order valence-electron chi connectivity index (χ2n) is 6.29. The minimum Gasteiger partial charge on any atom is -0.466 e. The SMILES string of the molecule is CCOC(=O)C1CC[NH+](CC(=O)N[C@H](C)c2ccc(Cl)cc2)CC1. The predicted molar refractivity (Wildman–Crippen MR) is 92.9 cm³/mol. The second-order valence-corrected chi connectivity index (χ2v) is 6.73. The van der Waals surface area contributed by atoms with Crippen LogP contribution in [-0.4, -0.2) is 38.1 Å². The molecule has 2 rings (SSSR count). The average Bonchev–Trinajstić information content (AvgIpc) is 2.56. The maximum absolute atomic E-state index is 12.2. The van der Waals surface area contributed by atoms with Crippen LogP contribution in [0.4, 0.5) is 0 Å². The smallest absolute Gasteiger partial charge is 0.309 e. The molecule has 0 aromatic heterocycles. The van der Waals surface area contributed by atoms with E-state index in [2.05, 4.69) is 5.32 Å². The Kier molecular flexibility index (Phi) is 7.06. The number of hydrogen-bond acceptors (Lipinski definition) is 3. The fourth-order valence-corrected chi connectivity index (χ4v) is 3.18. The number of halogens is 1. The van der Waals surface area contributed by atoms with Crippen LogP contribution in [0.3, 0.4) is 0 Å².